The van der Waals surface area contributed by atoms with Crippen molar-refractivity contribution in [2.75, 3.05) is 6.54 Å². The fourth-order valence-electron chi connectivity index (χ4n) is 4.15. The molecule has 1 aromatic heterocycles. The number of aliphatic hydroxyl groups excluding tert-OH is 1. The molecule has 29 heavy (non-hydrogen) atoms. The number of carbonyl (C=O) groups excluding carboxylic acids is 1. The van der Waals surface area contributed by atoms with Gasteiger partial charge in [-0.05, 0) is 37.2 Å². The van der Waals surface area contributed by atoms with Gasteiger partial charge in [-0.25, -0.2) is 9.97 Å². The molecule has 0 saturated heterocycles. The number of amides is 1. The number of carbonyl (C=O) groups is 1. The van der Waals surface area contributed by atoms with Crippen molar-refractivity contribution in [3.8, 4) is 0 Å². The Labute approximate surface area is 173 Å². The second-order valence-electron chi connectivity index (χ2n) is 8.89. The summed E-state index contributed by atoms with van der Waals surface area (Å²) in [6.07, 6.45) is 3.65. The number of rotatable bonds is 7. The van der Waals surface area contributed by atoms with E-state index in [0.717, 1.165) is 35.5 Å². The molecule has 0 spiro atoms. The lowest BCUT2D eigenvalue weighted by molar-refractivity contribution is -0.120. The highest BCUT2D eigenvalue weighted by atomic mass is 16.3. The van der Waals surface area contributed by atoms with Gasteiger partial charge in [-0.3, -0.25) is 4.79 Å². The Bertz CT molecular complexity index is 838. The zero-order chi connectivity index (χ0) is 21.0. The van der Waals surface area contributed by atoms with Gasteiger partial charge in [-0.1, -0.05) is 44.2 Å². The van der Waals surface area contributed by atoms with Crippen LogP contribution in [0.1, 0.15) is 55.9 Å². The molecule has 2 aromatic rings. The van der Waals surface area contributed by atoms with Gasteiger partial charge in [0.05, 0.1) is 12.1 Å². The lowest BCUT2D eigenvalue weighted by Crippen LogP contribution is -2.49. The van der Waals surface area contributed by atoms with Crippen molar-refractivity contribution in [3.05, 3.63) is 59.2 Å². The van der Waals surface area contributed by atoms with Crippen molar-refractivity contribution in [2.24, 2.45) is 5.41 Å². The van der Waals surface area contributed by atoms with Crippen LogP contribution in [0.2, 0.25) is 0 Å². The third kappa shape index (κ3) is 5.84. The maximum Gasteiger partial charge on any atom is 0.217 e. The predicted octanol–water partition coefficient (Wildman–Crippen LogP) is 2.50. The van der Waals surface area contributed by atoms with Gasteiger partial charge in [0.2, 0.25) is 5.91 Å². The Balaban J connectivity index is 1.70. The summed E-state index contributed by atoms with van der Waals surface area (Å²) in [5.74, 6) is 0.645. The van der Waals surface area contributed by atoms with E-state index >= 15 is 0 Å². The molecule has 0 aliphatic heterocycles. The summed E-state index contributed by atoms with van der Waals surface area (Å²) in [7, 11) is 0. The van der Waals surface area contributed by atoms with Crippen LogP contribution in [0, 0.1) is 12.3 Å². The molecule has 0 fully saturated rings. The monoisotopic (exact) mass is 396 g/mol. The average molecular weight is 397 g/mol. The first-order valence-electron chi connectivity index (χ1n) is 10.3. The summed E-state index contributed by atoms with van der Waals surface area (Å²) in [6.45, 7) is 8.27. The maximum atomic E-state index is 11.7. The van der Waals surface area contributed by atoms with E-state index in [9.17, 15) is 9.90 Å². The van der Waals surface area contributed by atoms with Crippen LogP contribution in [0.25, 0.3) is 0 Å². The number of benzene rings is 1. The summed E-state index contributed by atoms with van der Waals surface area (Å²) in [6, 6.07) is 9.64. The first-order valence-corrected chi connectivity index (χ1v) is 10.3. The molecule has 6 nitrogen and oxygen atoms in total. The molecular formula is C23H32N4O2. The Kier molecular flexibility index (Phi) is 6.65. The van der Waals surface area contributed by atoms with Crippen LogP contribution in [-0.2, 0) is 17.6 Å². The molecule has 0 radical (unpaired) electrons. The van der Waals surface area contributed by atoms with Gasteiger partial charge >= 0.3 is 0 Å². The van der Waals surface area contributed by atoms with Gasteiger partial charge in [0.25, 0.3) is 0 Å². The van der Waals surface area contributed by atoms with Crippen molar-refractivity contribution < 1.29 is 9.90 Å². The molecule has 3 rings (SSSR count). The predicted molar refractivity (Wildman–Crippen MR) is 113 cm³/mol. The van der Waals surface area contributed by atoms with Crippen LogP contribution in [0.3, 0.4) is 0 Å². The highest BCUT2D eigenvalue weighted by molar-refractivity contribution is 5.73. The molecule has 1 aromatic carbocycles. The Morgan fingerprint density at radius 2 is 2.03 bits per heavy atom. The van der Waals surface area contributed by atoms with E-state index in [1.54, 1.807) is 0 Å². The van der Waals surface area contributed by atoms with E-state index in [-0.39, 0.29) is 23.4 Å². The number of fused-ring (bicyclic) bond motifs is 1. The lowest BCUT2D eigenvalue weighted by Gasteiger charge is -2.37. The van der Waals surface area contributed by atoms with Crippen LogP contribution < -0.4 is 10.6 Å². The maximum absolute atomic E-state index is 11.7. The number of hydrogen-bond donors (Lipinski definition) is 3. The minimum Gasteiger partial charge on any atom is -0.390 e. The minimum absolute atomic E-state index is 0.0821. The third-order valence-electron chi connectivity index (χ3n) is 5.52. The second kappa shape index (κ2) is 9.01. The van der Waals surface area contributed by atoms with Gasteiger partial charge in [0.15, 0.2) is 0 Å². The topological polar surface area (TPSA) is 87.1 Å². The normalized spacial score (nSPS) is 19.8. The van der Waals surface area contributed by atoms with E-state index in [4.69, 9.17) is 0 Å². The Morgan fingerprint density at radius 1 is 1.31 bits per heavy atom. The quantitative estimate of drug-likeness (QED) is 0.669. The van der Waals surface area contributed by atoms with E-state index in [1.807, 2.05) is 43.5 Å². The van der Waals surface area contributed by atoms with Crippen molar-refractivity contribution in [1.82, 2.24) is 20.6 Å². The molecule has 6 heteroatoms. The van der Waals surface area contributed by atoms with Crippen LogP contribution >= 0.6 is 0 Å². The largest absolute Gasteiger partial charge is 0.390 e. The fraction of sp³-hybridized carbons (Fsp3) is 0.522. The number of aryl methyl sites for hydroxylation is 1. The smallest absolute Gasteiger partial charge is 0.217 e. The molecule has 1 aliphatic carbocycles. The van der Waals surface area contributed by atoms with Crippen molar-refractivity contribution in [1.29, 1.82) is 0 Å². The molecule has 1 amide bonds. The van der Waals surface area contributed by atoms with Gasteiger partial charge in [0, 0.05) is 37.0 Å². The van der Waals surface area contributed by atoms with Crippen molar-refractivity contribution >= 4 is 5.91 Å². The lowest BCUT2D eigenvalue weighted by atomic mass is 9.74. The number of aliphatic hydroxyl groups is 1. The highest BCUT2D eigenvalue weighted by Gasteiger charge is 2.34. The van der Waals surface area contributed by atoms with Crippen molar-refractivity contribution in [2.45, 2.75) is 65.1 Å². The fourth-order valence-corrected chi connectivity index (χ4v) is 4.15. The van der Waals surface area contributed by atoms with Gasteiger partial charge in [0.1, 0.15) is 5.82 Å². The van der Waals surface area contributed by atoms with Gasteiger partial charge in [-0.2, -0.15) is 0 Å². The molecular weight excluding hydrogens is 364 g/mol. The number of nitrogens with zero attached hydrogens (tertiary/aromatic N) is 2. The standard InChI is InChI=1S/C23H32N4O2/c1-15-24-13-18-20(11-23(3,4)12-21(18)26-15)25-14-22(29)19(27-16(2)28)10-17-8-6-5-7-9-17/h5-9,13,19-20,22,25,29H,10-12,14H2,1-4H3,(H,27,28)/t19-,20+,22+/m0/s1. The average Bonchev–Trinajstić information content (AvgIpc) is 2.64. The number of hydrogen-bond acceptors (Lipinski definition) is 5. The minimum atomic E-state index is -0.709. The number of aromatic nitrogens is 2. The molecule has 3 atom stereocenters. The highest BCUT2D eigenvalue weighted by Crippen LogP contribution is 2.39. The molecule has 3 N–H and O–H groups in total. The first kappa shape index (κ1) is 21.4. The summed E-state index contributed by atoms with van der Waals surface area (Å²) in [5.41, 5.74) is 3.40. The van der Waals surface area contributed by atoms with E-state index < -0.39 is 6.10 Å². The zero-order valence-electron chi connectivity index (χ0n) is 17.8. The molecule has 0 bridgehead atoms. The van der Waals surface area contributed by atoms with Gasteiger partial charge in [-0.15, -0.1) is 0 Å². The van der Waals surface area contributed by atoms with E-state index in [0.29, 0.717) is 13.0 Å². The summed E-state index contributed by atoms with van der Waals surface area (Å²) < 4.78 is 0. The van der Waals surface area contributed by atoms with Crippen LogP contribution in [-0.4, -0.2) is 39.7 Å². The number of nitrogens with one attached hydrogen (secondary N) is 2. The van der Waals surface area contributed by atoms with E-state index in [1.165, 1.54) is 6.92 Å². The van der Waals surface area contributed by atoms with E-state index in [2.05, 4.69) is 34.4 Å². The molecule has 0 unspecified atom stereocenters. The van der Waals surface area contributed by atoms with Crippen LogP contribution in [0.4, 0.5) is 0 Å². The van der Waals surface area contributed by atoms with Crippen LogP contribution in [0.5, 0.6) is 0 Å². The molecule has 0 saturated carbocycles. The Morgan fingerprint density at radius 3 is 2.72 bits per heavy atom. The molecule has 156 valence electrons. The van der Waals surface area contributed by atoms with Gasteiger partial charge < -0.3 is 15.7 Å². The Hall–Kier alpha value is -2.31. The summed E-state index contributed by atoms with van der Waals surface area (Å²) in [4.78, 5) is 20.7. The van der Waals surface area contributed by atoms with Crippen LogP contribution in [0.15, 0.2) is 36.5 Å². The summed E-state index contributed by atoms with van der Waals surface area (Å²) >= 11 is 0. The first-order chi connectivity index (χ1) is 13.7. The molecule has 1 heterocycles. The third-order valence-corrected chi connectivity index (χ3v) is 5.52. The molecule has 1 aliphatic rings. The van der Waals surface area contributed by atoms with Crippen molar-refractivity contribution in [3.63, 3.8) is 0 Å². The second-order valence-corrected chi connectivity index (χ2v) is 8.89. The zero-order valence-corrected chi connectivity index (χ0v) is 17.8. The SMILES string of the molecule is CC(=O)N[C@@H](Cc1ccccc1)[C@H](O)CN[C@@H]1CC(C)(C)Cc2nc(C)ncc21. The summed E-state index contributed by atoms with van der Waals surface area (Å²) in [5, 5.41) is 17.3.